The van der Waals surface area contributed by atoms with Crippen LogP contribution in [0.4, 0.5) is 22.0 Å². The van der Waals surface area contributed by atoms with E-state index in [2.05, 4.69) is 21.9 Å². The molecule has 0 unspecified atom stereocenters. The molecule has 6 nitrogen and oxygen atoms in total. The van der Waals surface area contributed by atoms with Crippen molar-refractivity contribution in [3.8, 4) is 23.1 Å². The van der Waals surface area contributed by atoms with Gasteiger partial charge in [0.1, 0.15) is 9.90 Å². The summed E-state index contributed by atoms with van der Waals surface area (Å²) in [5.41, 5.74) is -1.16. The summed E-state index contributed by atoms with van der Waals surface area (Å²) in [5, 5.41) is 3.87. The average molecular weight is 499 g/mol. The molecule has 0 bridgehead atoms. The van der Waals surface area contributed by atoms with E-state index in [1.165, 1.54) is 12.3 Å². The van der Waals surface area contributed by atoms with Crippen molar-refractivity contribution in [2.75, 3.05) is 0 Å². The lowest BCUT2D eigenvalue weighted by molar-refractivity contribution is -0.137. The Morgan fingerprint density at radius 3 is 2.33 bits per heavy atom. The highest BCUT2D eigenvalue weighted by Gasteiger charge is 2.30. The van der Waals surface area contributed by atoms with E-state index in [0.717, 1.165) is 40.9 Å². The van der Waals surface area contributed by atoms with Gasteiger partial charge in [-0.25, -0.2) is 18.3 Å². The van der Waals surface area contributed by atoms with Crippen LogP contribution in [0.25, 0.3) is 16.9 Å². The number of aromatic nitrogens is 3. The third-order valence-electron chi connectivity index (χ3n) is 4.39. The molecule has 0 atom stereocenters. The molecule has 0 saturated heterocycles. The number of hydrogen-bond donors (Lipinski definition) is 1. The second-order valence-electron chi connectivity index (χ2n) is 6.58. The molecule has 0 aliphatic carbocycles. The Kier molecular flexibility index (Phi) is 5.69. The van der Waals surface area contributed by atoms with Crippen LogP contribution in [-0.4, -0.2) is 27.6 Å². The molecule has 4 rings (SSSR count). The molecule has 0 spiro atoms. The monoisotopic (exact) mass is 499 g/mol. The largest absolute Gasteiger partial charge is 0.416 e. The Bertz CT molecular complexity index is 1510. The number of benzene rings is 1. The van der Waals surface area contributed by atoms with Crippen molar-refractivity contribution in [3.05, 3.63) is 70.4 Å². The fraction of sp³-hybridized carbons (Fsp3) is 0.100. The molecule has 13 heteroatoms. The summed E-state index contributed by atoms with van der Waals surface area (Å²) in [6.07, 6.45) is -6.32. The normalized spacial score (nSPS) is 12.2. The molecule has 3 heterocycles. The Morgan fingerprint density at radius 2 is 1.76 bits per heavy atom. The molecule has 33 heavy (non-hydrogen) atoms. The fourth-order valence-corrected chi connectivity index (χ4v) is 4.38. The molecule has 1 N–H and O–H groups in total. The zero-order chi connectivity index (χ0) is 24.0. The van der Waals surface area contributed by atoms with Crippen molar-refractivity contribution >= 4 is 27.1 Å². The molecule has 3 aromatic heterocycles. The van der Waals surface area contributed by atoms with E-state index < -0.39 is 34.0 Å². The van der Waals surface area contributed by atoms with Crippen molar-refractivity contribution in [1.29, 1.82) is 0 Å². The summed E-state index contributed by atoms with van der Waals surface area (Å²) in [6, 6.07) is 7.45. The van der Waals surface area contributed by atoms with Gasteiger partial charge in [-0.2, -0.15) is 26.7 Å². The predicted molar refractivity (Wildman–Crippen MR) is 108 cm³/mol. The molecule has 4 aromatic rings. The zero-order valence-corrected chi connectivity index (χ0v) is 17.6. The molecule has 1 aromatic carbocycles. The molecule has 0 aliphatic rings. The maximum absolute atomic E-state index is 13.6. The van der Waals surface area contributed by atoms with Gasteiger partial charge in [-0.15, -0.1) is 11.3 Å². The Balaban J connectivity index is 1.79. The quantitative estimate of drug-likeness (QED) is 0.242. The first-order valence-corrected chi connectivity index (χ1v) is 11.1. The highest BCUT2D eigenvalue weighted by molar-refractivity contribution is 7.88. The first kappa shape index (κ1) is 22.8. The minimum absolute atomic E-state index is 0.000131. The van der Waals surface area contributed by atoms with E-state index in [4.69, 9.17) is 4.55 Å². The van der Waals surface area contributed by atoms with E-state index in [1.54, 1.807) is 0 Å². The predicted octanol–water partition coefficient (Wildman–Crippen LogP) is 5.06. The lowest BCUT2D eigenvalue weighted by atomic mass is 10.1. The summed E-state index contributed by atoms with van der Waals surface area (Å²) in [6.45, 7) is 0. The van der Waals surface area contributed by atoms with Crippen molar-refractivity contribution in [3.63, 3.8) is 0 Å². The fourth-order valence-electron chi connectivity index (χ4n) is 2.86. The Labute approximate surface area is 187 Å². The van der Waals surface area contributed by atoms with E-state index in [0.29, 0.717) is 11.3 Å². The van der Waals surface area contributed by atoms with E-state index in [1.807, 2.05) is 0 Å². The highest BCUT2D eigenvalue weighted by Crippen LogP contribution is 2.32. The standard InChI is InChI=1S/C20H10F5N3O3S2/c21-18(22)16-9-15(11-1-4-13(5-2-11)20(23,24)25)27-19-12(10-26-28(16)19)3-6-14-7-8-17(32-14)33(29,30)31/h1-2,4-5,7-10,18H,(H,29,30,31). The third-order valence-corrected chi connectivity index (χ3v) is 6.71. The van der Waals surface area contributed by atoms with Gasteiger partial charge in [0.25, 0.3) is 6.43 Å². The summed E-state index contributed by atoms with van der Waals surface area (Å²) in [4.78, 5) is 4.52. The van der Waals surface area contributed by atoms with Crippen molar-refractivity contribution in [1.82, 2.24) is 14.6 Å². The molecule has 0 radical (unpaired) electrons. The maximum Gasteiger partial charge on any atom is 0.416 e. The first-order chi connectivity index (χ1) is 15.4. The van der Waals surface area contributed by atoms with Gasteiger partial charge >= 0.3 is 16.3 Å². The second kappa shape index (κ2) is 8.22. The lowest BCUT2D eigenvalue weighted by Crippen LogP contribution is -2.05. The zero-order valence-electron chi connectivity index (χ0n) is 16.0. The molecule has 170 valence electrons. The van der Waals surface area contributed by atoms with Gasteiger partial charge in [0.2, 0.25) is 0 Å². The van der Waals surface area contributed by atoms with Crippen LogP contribution >= 0.6 is 11.3 Å². The van der Waals surface area contributed by atoms with Gasteiger partial charge in [-0.3, -0.25) is 4.55 Å². The summed E-state index contributed by atoms with van der Waals surface area (Å²) < 4.78 is 97.7. The maximum atomic E-state index is 13.6. The molecular formula is C20H10F5N3O3S2. The Hall–Kier alpha value is -3.34. The average Bonchev–Trinajstić information content (AvgIpc) is 3.38. The van der Waals surface area contributed by atoms with Crippen molar-refractivity contribution in [2.24, 2.45) is 0 Å². The number of hydrogen-bond acceptors (Lipinski definition) is 5. The molecule has 0 saturated carbocycles. The topological polar surface area (TPSA) is 84.6 Å². The van der Waals surface area contributed by atoms with Gasteiger partial charge in [0, 0.05) is 5.56 Å². The van der Waals surface area contributed by atoms with Gasteiger partial charge < -0.3 is 0 Å². The van der Waals surface area contributed by atoms with E-state index in [-0.39, 0.29) is 31.6 Å². The minimum atomic E-state index is -4.55. The molecular weight excluding hydrogens is 489 g/mol. The summed E-state index contributed by atoms with van der Waals surface area (Å²) in [7, 11) is -4.38. The third kappa shape index (κ3) is 4.72. The first-order valence-electron chi connectivity index (χ1n) is 8.87. The summed E-state index contributed by atoms with van der Waals surface area (Å²) >= 11 is 0.707. The van der Waals surface area contributed by atoms with Gasteiger partial charge in [0.05, 0.1) is 27.9 Å². The van der Waals surface area contributed by atoms with Crippen molar-refractivity contribution < 1.29 is 34.9 Å². The van der Waals surface area contributed by atoms with Crippen LogP contribution < -0.4 is 0 Å². The molecule has 0 fully saturated rings. The van der Waals surface area contributed by atoms with Gasteiger partial charge in [0.15, 0.2) is 5.65 Å². The molecule has 0 amide bonds. The Morgan fingerprint density at radius 1 is 1.06 bits per heavy atom. The number of thiophene rings is 1. The smallest absolute Gasteiger partial charge is 0.281 e. The minimum Gasteiger partial charge on any atom is -0.281 e. The van der Waals surface area contributed by atoms with Crippen LogP contribution in [-0.2, 0) is 16.3 Å². The van der Waals surface area contributed by atoms with Gasteiger partial charge in [-0.05, 0) is 30.3 Å². The number of alkyl halides is 5. The van der Waals surface area contributed by atoms with Crippen LogP contribution in [0.3, 0.4) is 0 Å². The number of halogens is 5. The number of fused-ring (bicyclic) bond motifs is 1. The van der Waals surface area contributed by atoms with Crippen LogP contribution in [0.2, 0.25) is 0 Å². The molecule has 0 aliphatic heterocycles. The van der Waals surface area contributed by atoms with E-state index in [9.17, 15) is 30.4 Å². The second-order valence-corrected chi connectivity index (χ2v) is 9.31. The van der Waals surface area contributed by atoms with Crippen molar-refractivity contribution in [2.45, 2.75) is 16.8 Å². The highest BCUT2D eigenvalue weighted by atomic mass is 32.3. The summed E-state index contributed by atoms with van der Waals surface area (Å²) in [5.74, 6) is 5.32. The van der Waals surface area contributed by atoms with Crippen LogP contribution in [0.15, 0.2) is 52.9 Å². The van der Waals surface area contributed by atoms with Crippen LogP contribution in [0.1, 0.15) is 28.1 Å². The van der Waals surface area contributed by atoms with E-state index >= 15 is 0 Å². The SMILES string of the molecule is O=S(=O)(O)c1ccc(C#Cc2cnn3c(C(F)F)cc(-c4ccc(C(F)(F)F)cc4)nc23)s1. The van der Waals surface area contributed by atoms with Gasteiger partial charge in [-0.1, -0.05) is 24.0 Å². The van der Waals surface area contributed by atoms with Crippen LogP contribution in [0, 0.1) is 11.8 Å². The lowest BCUT2D eigenvalue weighted by Gasteiger charge is -2.10. The number of nitrogens with zero attached hydrogens (tertiary/aromatic N) is 3. The van der Waals surface area contributed by atoms with Crippen LogP contribution in [0.5, 0.6) is 0 Å². The number of rotatable bonds is 3.